The Morgan fingerprint density at radius 2 is 1.72 bits per heavy atom. The van der Waals surface area contributed by atoms with Crippen LogP contribution in [0.1, 0.15) is 32.7 Å². The molecular weight excluding hydrogens is 318 g/mol. The van der Waals surface area contributed by atoms with Gasteiger partial charge in [-0.25, -0.2) is 0 Å². The number of hydrogen-bond acceptors (Lipinski definition) is 4. The number of carbonyl (C=O) groups is 2. The van der Waals surface area contributed by atoms with E-state index in [9.17, 15) is 9.59 Å². The molecule has 1 aliphatic rings. The molecule has 5 heteroatoms. The number of ether oxygens (including phenoxy) is 2. The standard InChI is InChI=1S/C20H21NO4/c1-24-11-12-25-10-4-9-21-20(23)14-7-8-16-15-5-2-3-6-17(15)19(22)18(16)13-14/h2-3,5-8,13H,4,9-12H2,1H3,(H,21,23). The summed E-state index contributed by atoms with van der Waals surface area (Å²) in [6.07, 6.45) is 0.727. The minimum absolute atomic E-state index is 0.0215. The van der Waals surface area contributed by atoms with Crippen molar-refractivity contribution >= 4 is 11.7 Å². The van der Waals surface area contributed by atoms with Crippen molar-refractivity contribution in [3.8, 4) is 11.1 Å². The van der Waals surface area contributed by atoms with Crippen molar-refractivity contribution in [3.05, 3.63) is 59.2 Å². The number of ketones is 1. The predicted octanol–water partition coefficient (Wildman–Crippen LogP) is 2.68. The van der Waals surface area contributed by atoms with Gasteiger partial charge in [0, 0.05) is 37.0 Å². The molecular formula is C20H21NO4. The van der Waals surface area contributed by atoms with Gasteiger partial charge in [-0.1, -0.05) is 30.3 Å². The fraction of sp³-hybridized carbons (Fsp3) is 0.300. The number of carbonyl (C=O) groups excluding carboxylic acids is 2. The lowest BCUT2D eigenvalue weighted by Gasteiger charge is -2.07. The molecule has 0 bridgehead atoms. The molecule has 25 heavy (non-hydrogen) atoms. The molecule has 3 rings (SSSR count). The zero-order chi connectivity index (χ0) is 17.6. The third-order valence-corrected chi connectivity index (χ3v) is 4.17. The van der Waals surface area contributed by atoms with Gasteiger partial charge < -0.3 is 14.8 Å². The summed E-state index contributed by atoms with van der Waals surface area (Å²) in [6, 6.07) is 12.8. The molecule has 0 radical (unpaired) electrons. The van der Waals surface area contributed by atoms with Gasteiger partial charge in [0.15, 0.2) is 5.78 Å². The third kappa shape index (κ3) is 3.78. The van der Waals surface area contributed by atoms with Crippen molar-refractivity contribution in [2.75, 3.05) is 33.5 Å². The van der Waals surface area contributed by atoms with Crippen molar-refractivity contribution < 1.29 is 19.1 Å². The Bertz CT molecular complexity index is 785. The van der Waals surface area contributed by atoms with Gasteiger partial charge in [0.05, 0.1) is 13.2 Å². The van der Waals surface area contributed by atoms with Crippen LogP contribution in [0.2, 0.25) is 0 Å². The molecule has 1 amide bonds. The van der Waals surface area contributed by atoms with Crippen LogP contribution in [0.3, 0.4) is 0 Å². The van der Waals surface area contributed by atoms with Gasteiger partial charge in [-0.05, 0) is 29.7 Å². The maximum atomic E-state index is 12.5. The molecule has 0 saturated heterocycles. The summed E-state index contributed by atoms with van der Waals surface area (Å²) >= 11 is 0. The van der Waals surface area contributed by atoms with Crippen LogP contribution < -0.4 is 5.32 Å². The van der Waals surface area contributed by atoms with Crippen molar-refractivity contribution in [1.29, 1.82) is 0 Å². The van der Waals surface area contributed by atoms with E-state index in [1.165, 1.54) is 0 Å². The molecule has 5 nitrogen and oxygen atoms in total. The van der Waals surface area contributed by atoms with Gasteiger partial charge >= 0.3 is 0 Å². The third-order valence-electron chi connectivity index (χ3n) is 4.17. The topological polar surface area (TPSA) is 64.6 Å². The van der Waals surface area contributed by atoms with E-state index in [0.717, 1.165) is 17.5 Å². The minimum Gasteiger partial charge on any atom is -0.382 e. The number of rotatable bonds is 8. The van der Waals surface area contributed by atoms with Crippen molar-refractivity contribution in [1.82, 2.24) is 5.32 Å². The van der Waals surface area contributed by atoms with Crippen LogP contribution in [0.15, 0.2) is 42.5 Å². The van der Waals surface area contributed by atoms with E-state index >= 15 is 0 Å². The Kier molecular flexibility index (Phi) is 5.58. The summed E-state index contributed by atoms with van der Waals surface area (Å²) in [7, 11) is 1.63. The first-order valence-corrected chi connectivity index (χ1v) is 8.35. The molecule has 0 unspecified atom stereocenters. The Balaban J connectivity index is 1.58. The Labute approximate surface area is 147 Å². The minimum atomic E-state index is -0.177. The smallest absolute Gasteiger partial charge is 0.251 e. The first-order chi connectivity index (χ1) is 12.2. The van der Waals surface area contributed by atoms with E-state index in [1.54, 1.807) is 19.2 Å². The largest absolute Gasteiger partial charge is 0.382 e. The second-order valence-electron chi connectivity index (χ2n) is 5.85. The number of fused-ring (bicyclic) bond motifs is 3. The highest BCUT2D eigenvalue weighted by Crippen LogP contribution is 2.36. The molecule has 1 N–H and O–H groups in total. The highest BCUT2D eigenvalue weighted by atomic mass is 16.5. The van der Waals surface area contributed by atoms with E-state index in [1.807, 2.05) is 30.3 Å². The van der Waals surface area contributed by atoms with Gasteiger partial charge in [0.2, 0.25) is 0 Å². The molecule has 0 fully saturated rings. The van der Waals surface area contributed by atoms with E-state index < -0.39 is 0 Å². The lowest BCUT2D eigenvalue weighted by Crippen LogP contribution is -2.25. The van der Waals surface area contributed by atoms with Crippen LogP contribution in [0.5, 0.6) is 0 Å². The van der Waals surface area contributed by atoms with Crippen LogP contribution in [0, 0.1) is 0 Å². The molecule has 2 aromatic carbocycles. The Morgan fingerprint density at radius 1 is 0.960 bits per heavy atom. The summed E-state index contributed by atoms with van der Waals surface area (Å²) < 4.78 is 10.2. The highest BCUT2D eigenvalue weighted by Gasteiger charge is 2.26. The van der Waals surface area contributed by atoms with Crippen LogP contribution in [-0.4, -0.2) is 45.2 Å². The molecule has 0 atom stereocenters. The average Bonchev–Trinajstić information content (AvgIpc) is 2.93. The van der Waals surface area contributed by atoms with Gasteiger partial charge in [-0.3, -0.25) is 9.59 Å². The van der Waals surface area contributed by atoms with Gasteiger partial charge in [-0.15, -0.1) is 0 Å². The fourth-order valence-corrected chi connectivity index (χ4v) is 2.89. The Hall–Kier alpha value is -2.50. The summed E-state index contributed by atoms with van der Waals surface area (Å²) in [5.41, 5.74) is 3.62. The van der Waals surface area contributed by atoms with E-state index in [-0.39, 0.29) is 11.7 Å². The maximum absolute atomic E-state index is 12.5. The second kappa shape index (κ2) is 8.05. The normalized spacial score (nSPS) is 12.0. The SMILES string of the molecule is COCCOCCCNC(=O)c1ccc2c(c1)C(=O)c1ccccc1-2. The molecule has 2 aromatic rings. The van der Waals surface area contributed by atoms with Crippen LogP contribution in [0.4, 0.5) is 0 Å². The lowest BCUT2D eigenvalue weighted by molar-refractivity contribution is 0.0688. The zero-order valence-corrected chi connectivity index (χ0v) is 14.2. The molecule has 1 aliphatic carbocycles. The summed E-state index contributed by atoms with van der Waals surface area (Å²) in [6.45, 7) is 2.22. The predicted molar refractivity (Wildman–Crippen MR) is 95.0 cm³/mol. The average molecular weight is 339 g/mol. The molecule has 0 heterocycles. The summed E-state index contributed by atoms with van der Waals surface area (Å²) in [5, 5.41) is 2.86. The zero-order valence-electron chi connectivity index (χ0n) is 14.2. The van der Waals surface area contributed by atoms with Crippen molar-refractivity contribution in [2.24, 2.45) is 0 Å². The molecule has 0 aliphatic heterocycles. The highest BCUT2D eigenvalue weighted by molar-refractivity contribution is 6.22. The number of benzene rings is 2. The van der Waals surface area contributed by atoms with Crippen molar-refractivity contribution in [2.45, 2.75) is 6.42 Å². The first kappa shape index (κ1) is 17.3. The number of nitrogens with one attached hydrogen (secondary N) is 1. The fourth-order valence-electron chi connectivity index (χ4n) is 2.89. The van der Waals surface area contributed by atoms with Gasteiger partial charge in [0.1, 0.15) is 0 Å². The lowest BCUT2D eigenvalue weighted by atomic mass is 10.0. The number of methoxy groups -OCH3 is 1. The first-order valence-electron chi connectivity index (χ1n) is 8.35. The van der Waals surface area contributed by atoms with Gasteiger partial charge in [-0.2, -0.15) is 0 Å². The van der Waals surface area contributed by atoms with E-state index in [0.29, 0.717) is 43.1 Å². The summed E-state index contributed by atoms with van der Waals surface area (Å²) in [5.74, 6) is -0.199. The molecule has 0 spiro atoms. The van der Waals surface area contributed by atoms with Crippen LogP contribution in [0.25, 0.3) is 11.1 Å². The maximum Gasteiger partial charge on any atom is 0.251 e. The van der Waals surface area contributed by atoms with E-state index in [4.69, 9.17) is 9.47 Å². The molecule has 130 valence electrons. The molecule has 0 aromatic heterocycles. The number of amides is 1. The Morgan fingerprint density at radius 3 is 2.52 bits per heavy atom. The monoisotopic (exact) mass is 339 g/mol. The summed E-state index contributed by atoms with van der Waals surface area (Å²) in [4.78, 5) is 24.8. The van der Waals surface area contributed by atoms with Crippen molar-refractivity contribution in [3.63, 3.8) is 0 Å². The number of hydrogen-bond donors (Lipinski definition) is 1. The molecule has 0 saturated carbocycles. The van der Waals surface area contributed by atoms with Crippen LogP contribution in [-0.2, 0) is 9.47 Å². The van der Waals surface area contributed by atoms with E-state index in [2.05, 4.69) is 5.32 Å². The second-order valence-corrected chi connectivity index (χ2v) is 5.85. The quantitative estimate of drug-likeness (QED) is 0.641. The van der Waals surface area contributed by atoms with Crippen LogP contribution >= 0.6 is 0 Å². The van der Waals surface area contributed by atoms with Gasteiger partial charge in [0.25, 0.3) is 5.91 Å².